The summed E-state index contributed by atoms with van der Waals surface area (Å²) in [5.74, 6) is 0.173. The van der Waals surface area contributed by atoms with Crippen molar-refractivity contribution in [2.75, 3.05) is 0 Å². The van der Waals surface area contributed by atoms with Crippen molar-refractivity contribution in [1.82, 2.24) is 0 Å². The first-order chi connectivity index (χ1) is 7.53. The van der Waals surface area contributed by atoms with E-state index in [4.69, 9.17) is 0 Å². The number of benzene rings is 1. The number of carbonyl (C=O) groups is 1. The Bertz CT molecular complexity index is 437. The van der Waals surface area contributed by atoms with Gasteiger partial charge in [0.2, 0.25) is 0 Å². The molecule has 17 heavy (non-hydrogen) atoms. The molecule has 0 aliphatic rings. The van der Waals surface area contributed by atoms with Gasteiger partial charge in [-0.3, -0.25) is 4.79 Å². The topological polar surface area (TPSA) is 17.1 Å². The van der Waals surface area contributed by atoms with Gasteiger partial charge >= 0.3 is 0 Å². The lowest BCUT2D eigenvalue weighted by molar-refractivity contribution is 0.101. The van der Waals surface area contributed by atoms with Gasteiger partial charge in [-0.2, -0.15) is 0 Å². The maximum absolute atomic E-state index is 11.5. The van der Waals surface area contributed by atoms with Crippen molar-refractivity contribution in [2.24, 2.45) is 0 Å². The molecule has 0 saturated carbocycles. The lowest BCUT2D eigenvalue weighted by Crippen LogP contribution is -2.56. The number of carbonyl (C=O) groups excluding carboxylic acids is 1. The fourth-order valence-corrected chi connectivity index (χ4v) is 7.23. The molecule has 1 rings (SSSR count). The van der Waals surface area contributed by atoms with Crippen LogP contribution in [0.5, 0.6) is 0 Å². The van der Waals surface area contributed by atoms with Crippen molar-refractivity contribution in [3.63, 3.8) is 0 Å². The molecular weight excluding hydrogens is 240 g/mol. The standard InChI is InChI=1S/C14H24OSi2/c1-11(15)12-8-9-13(16(2,3)4)14(10-12)17(5,6)7/h8-10H,1-7H3. The van der Waals surface area contributed by atoms with Crippen LogP contribution in [0, 0.1) is 0 Å². The minimum atomic E-state index is -1.38. The predicted molar refractivity (Wildman–Crippen MR) is 82.4 cm³/mol. The Morgan fingerprint density at radius 1 is 0.882 bits per heavy atom. The smallest absolute Gasteiger partial charge is 0.159 e. The highest BCUT2D eigenvalue weighted by molar-refractivity contribution is 6.98. The molecule has 0 N–H and O–H groups in total. The van der Waals surface area contributed by atoms with Crippen molar-refractivity contribution in [3.8, 4) is 0 Å². The van der Waals surface area contributed by atoms with E-state index in [-0.39, 0.29) is 5.78 Å². The number of ketones is 1. The van der Waals surface area contributed by atoms with E-state index in [1.54, 1.807) is 6.92 Å². The molecule has 0 saturated heterocycles. The number of hydrogen-bond donors (Lipinski definition) is 0. The highest BCUT2D eigenvalue weighted by Crippen LogP contribution is 2.09. The molecule has 1 nitrogen and oxygen atoms in total. The Balaban J connectivity index is 3.49. The fourth-order valence-electron chi connectivity index (χ4n) is 2.04. The van der Waals surface area contributed by atoms with Gasteiger partial charge in [-0.25, -0.2) is 0 Å². The van der Waals surface area contributed by atoms with Gasteiger partial charge in [-0.05, 0) is 6.92 Å². The highest BCUT2D eigenvalue weighted by atomic mass is 28.3. The lowest BCUT2D eigenvalue weighted by Gasteiger charge is -2.28. The van der Waals surface area contributed by atoms with Crippen LogP contribution in [-0.4, -0.2) is 21.9 Å². The predicted octanol–water partition coefficient (Wildman–Crippen LogP) is 2.98. The first-order valence-corrected chi connectivity index (χ1v) is 13.2. The average molecular weight is 265 g/mol. The third-order valence-electron chi connectivity index (χ3n) is 3.04. The van der Waals surface area contributed by atoms with Gasteiger partial charge in [-0.1, -0.05) is 67.9 Å². The maximum atomic E-state index is 11.5. The van der Waals surface area contributed by atoms with Crippen LogP contribution >= 0.6 is 0 Å². The molecule has 0 aliphatic carbocycles. The van der Waals surface area contributed by atoms with Crippen molar-refractivity contribution in [2.45, 2.75) is 46.2 Å². The SMILES string of the molecule is CC(=O)c1ccc([Si](C)(C)C)c([Si](C)(C)C)c1. The maximum Gasteiger partial charge on any atom is 0.159 e. The summed E-state index contributed by atoms with van der Waals surface area (Å²) in [6.45, 7) is 15.8. The fraction of sp³-hybridized carbons (Fsp3) is 0.500. The molecule has 3 heteroatoms. The highest BCUT2D eigenvalue weighted by Gasteiger charge is 2.27. The molecule has 0 heterocycles. The summed E-state index contributed by atoms with van der Waals surface area (Å²) in [4.78, 5) is 11.5. The normalized spacial score (nSPS) is 12.6. The lowest BCUT2D eigenvalue weighted by atomic mass is 10.1. The summed E-state index contributed by atoms with van der Waals surface area (Å²) in [5.41, 5.74) is 0.865. The van der Waals surface area contributed by atoms with E-state index < -0.39 is 16.1 Å². The monoisotopic (exact) mass is 264 g/mol. The van der Waals surface area contributed by atoms with Gasteiger partial charge < -0.3 is 0 Å². The van der Waals surface area contributed by atoms with E-state index in [0.717, 1.165) is 5.56 Å². The first-order valence-electron chi connectivity index (χ1n) is 6.19. The second-order valence-corrected chi connectivity index (χ2v) is 16.9. The van der Waals surface area contributed by atoms with Crippen LogP contribution in [0.15, 0.2) is 18.2 Å². The molecule has 0 atom stereocenters. The van der Waals surface area contributed by atoms with Crippen molar-refractivity contribution < 1.29 is 4.79 Å². The van der Waals surface area contributed by atoms with Crippen molar-refractivity contribution in [3.05, 3.63) is 23.8 Å². The Morgan fingerprint density at radius 3 is 1.71 bits per heavy atom. The Labute approximate surface area is 107 Å². The second kappa shape index (κ2) is 4.54. The molecule has 1 aromatic carbocycles. The quantitative estimate of drug-likeness (QED) is 0.606. The molecule has 0 bridgehead atoms. The third-order valence-corrected chi connectivity index (χ3v) is 7.37. The van der Waals surface area contributed by atoms with Gasteiger partial charge in [0, 0.05) is 5.56 Å². The molecule has 0 aliphatic heterocycles. The molecule has 0 fully saturated rings. The van der Waals surface area contributed by atoms with Crippen LogP contribution in [0.3, 0.4) is 0 Å². The summed E-state index contributed by atoms with van der Waals surface area (Å²) in [6.07, 6.45) is 0. The Morgan fingerprint density at radius 2 is 1.35 bits per heavy atom. The summed E-state index contributed by atoms with van der Waals surface area (Å²) in [6, 6.07) is 6.36. The average Bonchev–Trinajstić information content (AvgIpc) is 2.14. The molecule has 0 amide bonds. The number of hydrogen-bond acceptors (Lipinski definition) is 1. The van der Waals surface area contributed by atoms with Crippen LogP contribution in [0.4, 0.5) is 0 Å². The Hall–Kier alpha value is -0.676. The van der Waals surface area contributed by atoms with Gasteiger partial charge in [0.05, 0.1) is 16.1 Å². The van der Waals surface area contributed by atoms with Crippen molar-refractivity contribution in [1.29, 1.82) is 0 Å². The van der Waals surface area contributed by atoms with Gasteiger partial charge in [0.15, 0.2) is 5.78 Å². The summed E-state index contributed by atoms with van der Waals surface area (Å²) >= 11 is 0. The summed E-state index contributed by atoms with van der Waals surface area (Å²) < 4.78 is 0. The second-order valence-electron chi connectivity index (χ2n) is 6.82. The van der Waals surface area contributed by atoms with Crippen LogP contribution in [-0.2, 0) is 0 Å². The van der Waals surface area contributed by atoms with E-state index in [1.165, 1.54) is 10.4 Å². The first kappa shape index (κ1) is 14.4. The zero-order valence-corrected chi connectivity index (χ0v) is 14.1. The molecule has 0 radical (unpaired) electrons. The number of Topliss-reactive ketones (excluding diaryl/α,β-unsaturated/α-hetero) is 1. The van der Waals surface area contributed by atoms with E-state index >= 15 is 0 Å². The largest absolute Gasteiger partial charge is 0.295 e. The van der Waals surface area contributed by atoms with E-state index in [1.807, 2.05) is 6.07 Å². The summed E-state index contributed by atoms with van der Waals surface area (Å²) in [5, 5.41) is 3.01. The molecule has 0 unspecified atom stereocenters. The van der Waals surface area contributed by atoms with E-state index in [0.29, 0.717) is 0 Å². The van der Waals surface area contributed by atoms with E-state index in [9.17, 15) is 4.79 Å². The van der Waals surface area contributed by atoms with Gasteiger partial charge in [-0.15, -0.1) is 0 Å². The van der Waals surface area contributed by atoms with Crippen LogP contribution in [0.2, 0.25) is 39.3 Å². The zero-order valence-electron chi connectivity index (χ0n) is 12.1. The summed E-state index contributed by atoms with van der Waals surface area (Å²) in [7, 11) is -2.70. The molecular formula is C14H24OSi2. The molecule has 94 valence electrons. The zero-order chi connectivity index (χ0) is 13.4. The van der Waals surface area contributed by atoms with Gasteiger partial charge in [0.1, 0.15) is 0 Å². The van der Waals surface area contributed by atoms with Crippen LogP contribution in [0.1, 0.15) is 17.3 Å². The Kier molecular flexibility index (Phi) is 3.84. The molecule has 0 aromatic heterocycles. The van der Waals surface area contributed by atoms with Gasteiger partial charge in [0.25, 0.3) is 0 Å². The number of rotatable bonds is 3. The van der Waals surface area contributed by atoms with E-state index in [2.05, 4.69) is 51.4 Å². The van der Waals surface area contributed by atoms with Crippen LogP contribution in [0.25, 0.3) is 0 Å². The minimum Gasteiger partial charge on any atom is -0.295 e. The molecule has 0 spiro atoms. The molecule has 1 aromatic rings. The third kappa shape index (κ3) is 3.39. The van der Waals surface area contributed by atoms with Crippen molar-refractivity contribution >= 4 is 32.3 Å². The minimum absolute atomic E-state index is 0.173. The van der Waals surface area contributed by atoms with Crippen LogP contribution < -0.4 is 10.4 Å².